The topological polar surface area (TPSA) is 0 Å². The molecule has 2 heteroatoms. The highest BCUT2D eigenvalue weighted by molar-refractivity contribution is 7.14. The Kier molecular flexibility index (Phi) is 4.40. The highest BCUT2D eigenvalue weighted by Gasteiger charge is 2.08. The van der Waals surface area contributed by atoms with Crippen molar-refractivity contribution in [3.63, 3.8) is 0 Å². The quantitative estimate of drug-likeness (QED) is 0.515. The van der Waals surface area contributed by atoms with Gasteiger partial charge in [-0.25, -0.2) is 0 Å². The normalized spacial score (nSPS) is 10.6. The zero-order valence-electron chi connectivity index (χ0n) is 7.39. The van der Waals surface area contributed by atoms with Crippen LogP contribution in [0.4, 0.5) is 0 Å². The third kappa shape index (κ3) is 3.00. The van der Waals surface area contributed by atoms with Gasteiger partial charge in [-0.2, -0.15) is 11.1 Å². The summed E-state index contributed by atoms with van der Waals surface area (Å²) in [6, 6.07) is 11.6. The van der Waals surface area contributed by atoms with Crippen LogP contribution in [0.5, 0.6) is 0 Å². The highest BCUT2D eigenvalue weighted by atomic mass is 35.6. The maximum absolute atomic E-state index is 6.29. The predicted octanol–water partition coefficient (Wildman–Crippen LogP) is 2.92. The van der Waals surface area contributed by atoms with Crippen molar-refractivity contribution in [2.75, 3.05) is 0 Å². The SMILES string of the molecule is CCCC[Si](Cl)c1ccccc1. The van der Waals surface area contributed by atoms with Crippen molar-refractivity contribution in [3.05, 3.63) is 30.3 Å². The first-order chi connectivity index (χ1) is 5.84. The molecular weight excluding hydrogens is 184 g/mol. The third-order valence-corrected chi connectivity index (χ3v) is 4.81. The Bertz CT molecular complexity index is 210. The molecule has 0 spiro atoms. The van der Waals surface area contributed by atoms with E-state index in [2.05, 4.69) is 31.2 Å². The Morgan fingerprint density at radius 1 is 1.25 bits per heavy atom. The molecule has 0 aliphatic heterocycles. The molecule has 0 unspecified atom stereocenters. The van der Waals surface area contributed by atoms with Crippen LogP contribution in [-0.4, -0.2) is 8.11 Å². The Morgan fingerprint density at radius 3 is 2.50 bits per heavy atom. The minimum atomic E-state index is -0.758. The number of unbranched alkanes of at least 4 members (excludes halogenated alkanes) is 1. The van der Waals surface area contributed by atoms with E-state index in [-0.39, 0.29) is 0 Å². The molecule has 1 aromatic carbocycles. The molecule has 0 heterocycles. The lowest BCUT2D eigenvalue weighted by molar-refractivity contribution is 0.879. The zero-order chi connectivity index (χ0) is 8.81. The Labute approximate surface area is 80.9 Å². The van der Waals surface area contributed by atoms with Gasteiger partial charge in [0.2, 0.25) is 0 Å². The summed E-state index contributed by atoms with van der Waals surface area (Å²) in [5.41, 5.74) is 0. The number of rotatable bonds is 4. The Balaban J connectivity index is 2.48. The fourth-order valence-corrected chi connectivity index (χ4v) is 3.38. The molecule has 1 rings (SSSR count). The minimum Gasteiger partial charge on any atom is -0.163 e. The molecule has 0 amide bonds. The molecule has 0 aliphatic carbocycles. The van der Waals surface area contributed by atoms with E-state index in [1.165, 1.54) is 24.1 Å². The lowest BCUT2D eigenvalue weighted by atomic mass is 10.4. The molecule has 0 saturated heterocycles. The largest absolute Gasteiger partial charge is 0.199 e. The summed E-state index contributed by atoms with van der Waals surface area (Å²) in [6.45, 7) is 2.21. The van der Waals surface area contributed by atoms with Crippen molar-refractivity contribution in [3.8, 4) is 0 Å². The number of halogens is 1. The van der Waals surface area contributed by atoms with Crippen molar-refractivity contribution in [2.24, 2.45) is 0 Å². The fourth-order valence-electron chi connectivity index (χ4n) is 1.10. The molecule has 0 aliphatic rings. The summed E-state index contributed by atoms with van der Waals surface area (Å²) in [5, 5.41) is 1.35. The second-order valence-electron chi connectivity index (χ2n) is 2.87. The van der Waals surface area contributed by atoms with Crippen LogP contribution < -0.4 is 5.19 Å². The van der Waals surface area contributed by atoms with Crippen LogP contribution in [-0.2, 0) is 0 Å². The van der Waals surface area contributed by atoms with Crippen LogP contribution in [0.2, 0.25) is 6.04 Å². The summed E-state index contributed by atoms with van der Waals surface area (Å²) in [7, 11) is -0.758. The molecule has 0 bridgehead atoms. The van der Waals surface area contributed by atoms with E-state index in [1.54, 1.807) is 0 Å². The highest BCUT2D eigenvalue weighted by Crippen LogP contribution is 2.04. The summed E-state index contributed by atoms with van der Waals surface area (Å²) >= 11 is 6.29. The van der Waals surface area contributed by atoms with Crippen LogP contribution in [0.15, 0.2) is 30.3 Å². The molecule has 0 atom stereocenters. The summed E-state index contributed by atoms with van der Waals surface area (Å²) in [6.07, 6.45) is 2.50. The first-order valence-corrected chi connectivity index (χ1v) is 7.13. The van der Waals surface area contributed by atoms with Gasteiger partial charge in [0.15, 0.2) is 8.11 Å². The monoisotopic (exact) mass is 197 g/mol. The van der Waals surface area contributed by atoms with Crippen LogP contribution in [0.1, 0.15) is 19.8 Å². The molecule has 1 aromatic rings. The average Bonchev–Trinajstić information content (AvgIpc) is 2.15. The molecule has 0 aromatic heterocycles. The van der Waals surface area contributed by atoms with Crippen molar-refractivity contribution in [2.45, 2.75) is 25.8 Å². The molecule has 1 radical (unpaired) electrons. The van der Waals surface area contributed by atoms with Crippen LogP contribution in [0.3, 0.4) is 0 Å². The predicted molar refractivity (Wildman–Crippen MR) is 57.4 cm³/mol. The van der Waals surface area contributed by atoms with Crippen LogP contribution in [0, 0.1) is 0 Å². The maximum Gasteiger partial charge on any atom is 0.199 e. The van der Waals surface area contributed by atoms with Crippen molar-refractivity contribution < 1.29 is 0 Å². The van der Waals surface area contributed by atoms with Gasteiger partial charge in [0.05, 0.1) is 0 Å². The van der Waals surface area contributed by atoms with Gasteiger partial charge in [-0.05, 0) is 11.2 Å². The summed E-state index contributed by atoms with van der Waals surface area (Å²) in [4.78, 5) is 0. The molecule has 0 fully saturated rings. The van der Waals surface area contributed by atoms with E-state index in [1.807, 2.05) is 6.07 Å². The van der Waals surface area contributed by atoms with E-state index in [0.717, 1.165) is 0 Å². The van der Waals surface area contributed by atoms with Gasteiger partial charge < -0.3 is 0 Å². The third-order valence-electron chi connectivity index (χ3n) is 1.84. The van der Waals surface area contributed by atoms with E-state index >= 15 is 0 Å². The van der Waals surface area contributed by atoms with Gasteiger partial charge >= 0.3 is 0 Å². The first kappa shape index (κ1) is 9.81. The van der Waals surface area contributed by atoms with Gasteiger partial charge in [-0.15, -0.1) is 0 Å². The van der Waals surface area contributed by atoms with Crippen molar-refractivity contribution >= 4 is 24.4 Å². The van der Waals surface area contributed by atoms with Gasteiger partial charge in [-0.3, -0.25) is 0 Å². The lowest BCUT2D eigenvalue weighted by Gasteiger charge is -2.04. The molecular formula is C10H14ClSi. The average molecular weight is 198 g/mol. The molecule has 0 nitrogen and oxygen atoms in total. The summed E-state index contributed by atoms with van der Waals surface area (Å²) < 4.78 is 0. The molecule has 12 heavy (non-hydrogen) atoms. The number of hydrogen-bond donors (Lipinski definition) is 0. The molecule has 65 valence electrons. The number of hydrogen-bond acceptors (Lipinski definition) is 0. The van der Waals surface area contributed by atoms with Gasteiger partial charge in [-0.1, -0.05) is 50.1 Å². The standard InChI is InChI=1S/C10H14ClSi/c1-2-3-9-12(11)10-7-5-4-6-8-10/h4-8H,2-3,9H2,1H3. The zero-order valence-corrected chi connectivity index (χ0v) is 9.14. The van der Waals surface area contributed by atoms with Crippen molar-refractivity contribution in [1.82, 2.24) is 0 Å². The second-order valence-corrected chi connectivity index (χ2v) is 6.13. The minimum absolute atomic E-state index is 0.758. The Morgan fingerprint density at radius 2 is 1.92 bits per heavy atom. The van der Waals surface area contributed by atoms with E-state index in [9.17, 15) is 0 Å². The van der Waals surface area contributed by atoms with E-state index < -0.39 is 8.11 Å². The van der Waals surface area contributed by atoms with Crippen molar-refractivity contribution in [1.29, 1.82) is 0 Å². The van der Waals surface area contributed by atoms with E-state index in [4.69, 9.17) is 11.1 Å². The maximum atomic E-state index is 6.29. The fraction of sp³-hybridized carbons (Fsp3) is 0.400. The van der Waals surface area contributed by atoms with Gasteiger partial charge in [0.1, 0.15) is 0 Å². The van der Waals surface area contributed by atoms with Gasteiger partial charge in [0, 0.05) is 0 Å². The smallest absolute Gasteiger partial charge is 0.163 e. The van der Waals surface area contributed by atoms with Crippen LogP contribution in [0.25, 0.3) is 0 Å². The van der Waals surface area contributed by atoms with E-state index in [0.29, 0.717) is 0 Å². The Hall–Kier alpha value is -0.273. The molecule has 0 saturated carbocycles. The summed E-state index contributed by atoms with van der Waals surface area (Å²) in [5.74, 6) is 0. The lowest BCUT2D eigenvalue weighted by Crippen LogP contribution is -2.23. The second kappa shape index (κ2) is 5.39. The van der Waals surface area contributed by atoms with Gasteiger partial charge in [0.25, 0.3) is 0 Å². The first-order valence-electron chi connectivity index (χ1n) is 4.41. The number of benzene rings is 1. The molecule has 0 N–H and O–H groups in total. The van der Waals surface area contributed by atoms with Crippen LogP contribution >= 0.6 is 11.1 Å².